The van der Waals surface area contributed by atoms with E-state index in [0.717, 1.165) is 16.9 Å². The number of rotatable bonds is 10. The molecule has 3 rings (SSSR count). The summed E-state index contributed by atoms with van der Waals surface area (Å²) < 4.78 is 5.55. The molecular weight excluding hydrogens is 400 g/mol. The monoisotopic (exact) mass is 430 g/mol. The molecule has 5 heteroatoms. The summed E-state index contributed by atoms with van der Waals surface area (Å²) in [6.45, 7) is 5.35. The van der Waals surface area contributed by atoms with Gasteiger partial charge in [-0.15, -0.1) is 0 Å². The molecule has 3 aromatic carbocycles. The molecule has 3 aromatic rings. The van der Waals surface area contributed by atoms with Gasteiger partial charge in [-0.1, -0.05) is 60.7 Å². The summed E-state index contributed by atoms with van der Waals surface area (Å²) in [4.78, 5) is 27.0. The van der Waals surface area contributed by atoms with E-state index in [2.05, 4.69) is 5.32 Å². The summed E-state index contributed by atoms with van der Waals surface area (Å²) in [5, 5.41) is 2.89. The third kappa shape index (κ3) is 6.98. The molecule has 0 aromatic heterocycles. The number of hydrogen-bond donors (Lipinski definition) is 1. The highest BCUT2D eigenvalue weighted by Gasteiger charge is 2.19. The van der Waals surface area contributed by atoms with Crippen molar-refractivity contribution in [3.63, 3.8) is 0 Å². The van der Waals surface area contributed by atoms with E-state index in [1.54, 1.807) is 0 Å². The first-order valence-electron chi connectivity index (χ1n) is 10.9. The molecule has 0 saturated carbocycles. The van der Waals surface area contributed by atoms with Crippen molar-refractivity contribution in [1.29, 1.82) is 0 Å². The Morgan fingerprint density at radius 1 is 0.844 bits per heavy atom. The Bertz CT molecular complexity index is 986. The topological polar surface area (TPSA) is 58.6 Å². The van der Waals surface area contributed by atoms with Crippen LogP contribution in [0, 0.1) is 0 Å². The standard InChI is InChI=1S/C27H30N2O3/c1-21(2)29(20-23-9-5-3-6-10-23)27(31)24-15-13-22(14-16-24)19-28-26(30)17-18-32-25-11-7-4-8-12-25/h3-16,21H,17-20H2,1-2H3,(H,28,30). The first-order valence-corrected chi connectivity index (χ1v) is 10.9. The number of nitrogens with one attached hydrogen (secondary N) is 1. The van der Waals surface area contributed by atoms with Crippen molar-refractivity contribution in [2.24, 2.45) is 0 Å². The summed E-state index contributed by atoms with van der Waals surface area (Å²) >= 11 is 0. The Morgan fingerprint density at radius 3 is 2.09 bits per heavy atom. The highest BCUT2D eigenvalue weighted by molar-refractivity contribution is 5.94. The van der Waals surface area contributed by atoms with Crippen molar-refractivity contribution < 1.29 is 14.3 Å². The third-order valence-electron chi connectivity index (χ3n) is 5.11. The van der Waals surface area contributed by atoms with Gasteiger partial charge in [0.2, 0.25) is 5.91 Å². The average Bonchev–Trinajstić information content (AvgIpc) is 2.82. The fraction of sp³-hybridized carbons (Fsp3) is 0.259. The maximum atomic E-state index is 13.0. The molecule has 0 aliphatic heterocycles. The van der Waals surface area contributed by atoms with Crippen molar-refractivity contribution >= 4 is 11.8 Å². The number of carbonyl (C=O) groups is 2. The lowest BCUT2D eigenvalue weighted by molar-refractivity contribution is -0.121. The highest BCUT2D eigenvalue weighted by atomic mass is 16.5. The predicted molar refractivity (Wildman–Crippen MR) is 126 cm³/mol. The minimum absolute atomic E-state index is 0.00232. The first-order chi connectivity index (χ1) is 15.5. The molecule has 5 nitrogen and oxygen atoms in total. The zero-order chi connectivity index (χ0) is 22.8. The molecule has 1 N–H and O–H groups in total. The number of benzene rings is 3. The average molecular weight is 431 g/mol. The van der Waals surface area contributed by atoms with Crippen LogP contribution in [0.1, 0.15) is 41.8 Å². The van der Waals surface area contributed by atoms with E-state index in [0.29, 0.717) is 25.3 Å². The molecule has 0 radical (unpaired) electrons. The second-order valence-corrected chi connectivity index (χ2v) is 7.90. The molecule has 0 spiro atoms. The summed E-state index contributed by atoms with van der Waals surface area (Å²) in [5.41, 5.74) is 2.68. The van der Waals surface area contributed by atoms with Crippen LogP contribution in [-0.2, 0) is 17.9 Å². The van der Waals surface area contributed by atoms with Gasteiger partial charge in [-0.2, -0.15) is 0 Å². The molecule has 0 saturated heterocycles. The molecular formula is C27H30N2O3. The number of para-hydroxylation sites is 1. The van der Waals surface area contributed by atoms with E-state index in [-0.39, 0.29) is 24.3 Å². The van der Waals surface area contributed by atoms with Crippen molar-refractivity contribution in [2.45, 2.75) is 39.4 Å². The predicted octanol–water partition coefficient (Wildman–Crippen LogP) is 4.82. The summed E-state index contributed by atoms with van der Waals surface area (Å²) in [7, 11) is 0. The van der Waals surface area contributed by atoms with Crippen molar-refractivity contribution in [1.82, 2.24) is 10.2 Å². The van der Waals surface area contributed by atoms with Crippen LogP contribution in [-0.4, -0.2) is 29.4 Å². The Labute approximate surface area is 190 Å². The van der Waals surface area contributed by atoms with E-state index in [1.807, 2.05) is 104 Å². The lowest BCUT2D eigenvalue weighted by atomic mass is 10.1. The first kappa shape index (κ1) is 23.1. The fourth-order valence-electron chi connectivity index (χ4n) is 3.27. The third-order valence-corrected chi connectivity index (χ3v) is 5.11. The number of ether oxygens (including phenoxy) is 1. The zero-order valence-electron chi connectivity index (χ0n) is 18.7. The zero-order valence-corrected chi connectivity index (χ0v) is 18.7. The van der Waals surface area contributed by atoms with Gasteiger partial charge in [-0.05, 0) is 49.2 Å². The quantitative estimate of drug-likeness (QED) is 0.502. The van der Waals surface area contributed by atoms with Gasteiger partial charge in [-0.25, -0.2) is 0 Å². The number of nitrogens with zero attached hydrogens (tertiary/aromatic N) is 1. The van der Waals surface area contributed by atoms with Crippen molar-refractivity contribution in [3.8, 4) is 5.75 Å². The van der Waals surface area contributed by atoms with E-state index in [9.17, 15) is 9.59 Å². The van der Waals surface area contributed by atoms with Crippen molar-refractivity contribution in [3.05, 3.63) is 102 Å². The molecule has 0 heterocycles. The maximum Gasteiger partial charge on any atom is 0.254 e. The second kappa shape index (κ2) is 11.7. The molecule has 0 aliphatic carbocycles. The van der Waals surface area contributed by atoms with Crippen LogP contribution in [0.2, 0.25) is 0 Å². The second-order valence-electron chi connectivity index (χ2n) is 7.90. The van der Waals surface area contributed by atoms with Gasteiger partial charge in [0.05, 0.1) is 13.0 Å². The molecule has 166 valence electrons. The van der Waals surface area contributed by atoms with Gasteiger partial charge < -0.3 is 15.0 Å². The van der Waals surface area contributed by atoms with E-state index < -0.39 is 0 Å². The lowest BCUT2D eigenvalue weighted by Crippen LogP contribution is -2.36. The summed E-state index contributed by atoms with van der Waals surface area (Å²) in [6, 6.07) is 26.9. The van der Waals surface area contributed by atoms with Gasteiger partial charge >= 0.3 is 0 Å². The van der Waals surface area contributed by atoms with Gasteiger partial charge in [0, 0.05) is 24.7 Å². The molecule has 0 fully saturated rings. The van der Waals surface area contributed by atoms with E-state index in [4.69, 9.17) is 4.74 Å². The fourth-order valence-corrected chi connectivity index (χ4v) is 3.27. The molecule has 32 heavy (non-hydrogen) atoms. The molecule has 2 amide bonds. The van der Waals surface area contributed by atoms with Gasteiger partial charge in [0.25, 0.3) is 5.91 Å². The SMILES string of the molecule is CC(C)N(Cc1ccccc1)C(=O)c1ccc(CNC(=O)CCOc2ccccc2)cc1. The minimum Gasteiger partial charge on any atom is -0.493 e. The van der Waals surface area contributed by atoms with Gasteiger partial charge in [0.15, 0.2) is 0 Å². The molecule has 0 bridgehead atoms. The van der Waals surface area contributed by atoms with Crippen molar-refractivity contribution in [2.75, 3.05) is 6.61 Å². The molecule has 0 unspecified atom stereocenters. The summed E-state index contributed by atoms with van der Waals surface area (Å²) in [5.74, 6) is 0.677. The smallest absolute Gasteiger partial charge is 0.254 e. The minimum atomic E-state index is -0.0741. The van der Waals surface area contributed by atoms with Crippen LogP contribution in [0.4, 0.5) is 0 Å². The number of amides is 2. The van der Waals surface area contributed by atoms with Crippen LogP contribution < -0.4 is 10.1 Å². The van der Waals surface area contributed by atoms with Crippen LogP contribution in [0.25, 0.3) is 0 Å². The lowest BCUT2D eigenvalue weighted by Gasteiger charge is -2.27. The Morgan fingerprint density at radius 2 is 1.47 bits per heavy atom. The molecule has 0 atom stereocenters. The number of hydrogen-bond acceptors (Lipinski definition) is 3. The maximum absolute atomic E-state index is 13.0. The normalized spacial score (nSPS) is 10.6. The van der Waals surface area contributed by atoms with Gasteiger partial charge in [0.1, 0.15) is 5.75 Å². The van der Waals surface area contributed by atoms with Gasteiger partial charge in [-0.3, -0.25) is 9.59 Å². The van der Waals surface area contributed by atoms with Crippen LogP contribution in [0.3, 0.4) is 0 Å². The summed E-state index contributed by atoms with van der Waals surface area (Å²) in [6.07, 6.45) is 0.286. The highest BCUT2D eigenvalue weighted by Crippen LogP contribution is 2.14. The van der Waals surface area contributed by atoms with E-state index >= 15 is 0 Å². The van der Waals surface area contributed by atoms with Crippen LogP contribution in [0.5, 0.6) is 5.75 Å². The van der Waals surface area contributed by atoms with E-state index in [1.165, 1.54) is 0 Å². The Hall–Kier alpha value is -3.60. The largest absolute Gasteiger partial charge is 0.493 e. The Balaban J connectivity index is 1.49. The molecule has 0 aliphatic rings. The van der Waals surface area contributed by atoms with Crippen LogP contribution >= 0.6 is 0 Å². The number of carbonyl (C=O) groups excluding carboxylic acids is 2. The Kier molecular flexibility index (Phi) is 8.44. The van der Waals surface area contributed by atoms with Crippen LogP contribution in [0.15, 0.2) is 84.9 Å².